The van der Waals surface area contributed by atoms with E-state index in [0.717, 1.165) is 49.8 Å². The summed E-state index contributed by atoms with van der Waals surface area (Å²) in [5.41, 5.74) is 1.28. The van der Waals surface area contributed by atoms with Crippen LogP contribution in [-0.4, -0.2) is 42.2 Å². The Kier molecular flexibility index (Phi) is 4.24. The Morgan fingerprint density at radius 3 is 2.95 bits per heavy atom. The van der Waals surface area contributed by atoms with E-state index in [2.05, 4.69) is 33.1 Å². The highest BCUT2D eigenvalue weighted by atomic mass is 32.1. The van der Waals surface area contributed by atoms with Gasteiger partial charge < -0.3 is 15.0 Å². The van der Waals surface area contributed by atoms with Crippen LogP contribution in [0.4, 0.5) is 5.82 Å². The lowest BCUT2D eigenvalue weighted by atomic mass is 10.1. The van der Waals surface area contributed by atoms with Gasteiger partial charge in [-0.2, -0.15) is 0 Å². The Morgan fingerprint density at radius 2 is 2.25 bits per heavy atom. The number of hydrogen-bond donors (Lipinski definition) is 1. The van der Waals surface area contributed by atoms with Crippen LogP contribution < -0.4 is 10.2 Å². The van der Waals surface area contributed by atoms with Gasteiger partial charge in [-0.25, -0.2) is 4.98 Å². The summed E-state index contributed by atoms with van der Waals surface area (Å²) < 4.78 is 7.67. The standard InChI is InChI=1S/C14H22N4OS/c1-3-15-10-12-13(16-14-18(12)8-9-20-14)17-6-4-11(19-2)5-7-17/h8-9,11,15H,3-7,10H2,1-2H3. The molecule has 0 atom stereocenters. The molecule has 0 unspecified atom stereocenters. The van der Waals surface area contributed by atoms with Crippen LogP contribution in [0.2, 0.25) is 0 Å². The third-order valence-electron chi connectivity index (χ3n) is 3.96. The molecule has 3 rings (SSSR count). The number of rotatable bonds is 5. The quantitative estimate of drug-likeness (QED) is 0.917. The van der Waals surface area contributed by atoms with Crippen molar-refractivity contribution in [3.63, 3.8) is 0 Å². The molecule has 0 amide bonds. The lowest BCUT2D eigenvalue weighted by molar-refractivity contribution is 0.0818. The SMILES string of the molecule is CCNCc1c(N2CCC(OC)CC2)nc2sccn12. The van der Waals surface area contributed by atoms with Crippen LogP contribution in [0.3, 0.4) is 0 Å². The van der Waals surface area contributed by atoms with E-state index in [-0.39, 0.29) is 0 Å². The van der Waals surface area contributed by atoms with E-state index in [1.54, 1.807) is 11.3 Å². The molecule has 6 heteroatoms. The molecule has 1 N–H and O–H groups in total. The van der Waals surface area contributed by atoms with Crippen molar-refractivity contribution in [1.29, 1.82) is 0 Å². The first-order valence-electron chi connectivity index (χ1n) is 7.26. The van der Waals surface area contributed by atoms with E-state index in [0.29, 0.717) is 6.10 Å². The third kappa shape index (κ3) is 2.55. The molecule has 1 aliphatic rings. The predicted octanol–water partition coefficient (Wildman–Crippen LogP) is 2.12. The van der Waals surface area contributed by atoms with Crippen LogP contribution >= 0.6 is 11.3 Å². The molecule has 1 fully saturated rings. The lowest BCUT2D eigenvalue weighted by Gasteiger charge is -2.32. The second-order valence-electron chi connectivity index (χ2n) is 5.14. The molecule has 3 heterocycles. The summed E-state index contributed by atoms with van der Waals surface area (Å²) >= 11 is 1.70. The number of ether oxygens (including phenoxy) is 1. The molecule has 110 valence electrons. The topological polar surface area (TPSA) is 41.8 Å². The molecular weight excluding hydrogens is 272 g/mol. The van der Waals surface area contributed by atoms with Crippen molar-refractivity contribution in [3.8, 4) is 0 Å². The maximum absolute atomic E-state index is 5.45. The van der Waals surface area contributed by atoms with Gasteiger partial charge in [0.05, 0.1) is 11.8 Å². The normalized spacial score (nSPS) is 17.2. The summed E-state index contributed by atoms with van der Waals surface area (Å²) in [7, 11) is 1.81. The molecule has 0 bridgehead atoms. The number of piperidine rings is 1. The molecule has 1 saturated heterocycles. The van der Waals surface area contributed by atoms with E-state index in [9.17, 15) is 0 Å². The van der Waals surface area contributed by atoms with Crippen LogP contribution in [0.15, 0.2) is 11.6 Å². The van der Waals surface area contributed by atoms with E-state index in [1.165, 1.54) is 5.69 Å². The van der Waals surface area contributed by atoms with Crippen molar-refractivity contribution >= 4 is 22.1 Å². The Balaban J connectivity index is 1.84. The highest BCUT2D eigenvalue weighted by Crippen LogP contribution is 2.27. The molecule has 0 spiro atoms. The Hall–Kier alpha value is -1.11. The zero-order valence-corrected chi connectivity index (χ0v) is 12.9. The Morgan fingerprint density at radius 1 is 1.45 bits per heavy atom. The zero-order valence-electron chi connectivity index (χ0n) is 12.1. The molecule has 0 radical (unpaired) electrons. The number of imidazole rings is 1. The number of hydrogen-bond acceptors (Lipinski definition) is 5. The van der Waals surface area contributed by atoms with Gasteiger partial charge in [0.2, 0.25) is 0 Å². The molecule has 0 saturated carbocycles. The van der Waals surface area contributed by atoms with Crippen molar-refractivity contribution in [2.75, 3.05) is 31.6 Å². The first-order valence-corrected chi connectivity index (χ1v) is 8.14. The number of nitrogens with zero attached hydrogens (tertiary/aromatic N) is 3. The first-order chi connectivity index (χ1) is 9.83. The summed E-state index contributed by atoms with van der Waals surface area (Å²) in [6, 6.07) is 0. The Labute approximate surface area is 123 Å². The van der Waals surface area contributed by atoms with Crippen molar-refractivity contribution in [1.82, 2.24) is 14.7 Å². The van der Waals surface area contributed by atoms with Gasteiger partial charge in [-0.3, -0.25) is 4.40 Å². The van der Waals surface area contributed by atoms with Crippen molar-refractivity contribution in [2.24, 2.45) is 0 Å². The maximum atomic E-state index is 5.45. The average Bonchev–Trinajstić information content (AvgIpc) is 3.06. The molecule has 1 aliphatic heterocycles. The van der Waals surface area contributed by atoms with Gasteiger partial charge in [0, 0.05) is 38.3 Å². The van der Waals surface area contributed by atoms with Gasteiger partial charge in [0.15, 0.2) is 10.8 Å². The number of thiazole rings is 1. The van der Waals surface area contributed by atoms with Crippen LogP contribution in [0.5, 0.6) is 0 Å². The number of aromatic nitrogens is 2. The number of methoxy groups -OCH3 is 1. The van der Waals surface area contributed by atoms with Crippen LogP contribution in [0.25, 0.3) is 4.96 Å². The van der Waals surface area contributed by atoms with Gasteiger partial charge in [0.25, 0.3) is 0 Å². The first kappa shape index (κ1) is 13.9. The van der Waals surface area contributed by atoms with E-state index in [1.807, 2.05) is 7.11 Å². The summed E-state index contributed by atoms with van der Waals surface area (Å²) in [6.45, 7) is 6.04. The van der Waals surface area contributed by atoms with E-state index >= 15 is 0 Å². The van der Waals surface area contributed by atoms with Gasteiger partial charge in [-0.1, -0.05) is 6.92 Å². The number of nitrogens with one attached hydrogen (secondary N) is 1. The highest BCUT2D eigenvalue weighted by molar-refractivity contribution is 7.15. The molecule has 5 nitrogen and oxygen atoms in total. The fraction of sp³-hybridized carbons (Fsp3) is 0.643. The van der Waals surface area contributed by atoms with Gasteiger partial charge >= 0.3 is 0 Å². The molecule has 0 aliphatic carbocycles. The summed E-state index contributed by atoms with van der Waals surface area (Å²) in [6.07, 6.45) is 4.70. The molecule has 20 heavy (non-hydrogen) atoms. The van der Waals surface area contributed by atoms with E-state index < -0.39 is 0 Å². The summed E-state index contributed by atoms with van der Waals surface area (Å²) in [4.78, 5) is 8.32. The largest absolute Gasteiger partial charge is 0.381 e. The second kappa shape index (κ2) is 6.11. The van der Waals surface area contributed by atoms with Crippen molar-refractivity contribution in [2.45, 2.75) is 32.4 Å². The van der Waals surface area contributed by atoms with Crippen LogP contribution in [-0.2, 0) is 11.3 Å². The molecule has 0 aromatic carbocycles. The van der Waals surface area contributed by atoms with Crippen molar-refractivity contribution in [3.05, 3.63) is 17.3 Å². The minimum absolute atomic E-state index is 0.409. The minimum atomic E-state index is 0.409. The third-order valence-corrected chi connectivity index (χ3v) is 4.71. The fourth-order valence-corrected chi connectivity index (χ4v) is 3.51. The molecule has 2 aromatic rings. The lowest BCUT2D eigenvalue weighted by Crippen LogP contribution is -2.37. The average molecular weight is 294 g/mol. The van der Waals surface area contributed by atoms with Gasteiger partial charge in [-0.15, -0.1) is 11.3 Å². The molecule has 2 aromatic heterocycles. The van der Waals surface area contributed by atoms with Crippen LogP contribution in [0, 0.1) is 0 Å². The number of anilines is 1. The highest BCUT2D eigenvalue weighted by Gasteiger charge is 2.24. The van der Waals surface area contributed by atoms with Crippen LogP contribution in [0.1, 0.15) is 25.5 Å². The predicted molar refractivity (Wildman–Crippen MR) is 82.7 cm³/mol. The maximum Gasteiger partial charge on any atom is 0.195 e. The van der Waals surface area contributed by atoms with E-state index in [4.69, 9.17) is 9.72 Å². The number of fused-ring (bicyclic) bond motifs is 1. The van der Waals surface area contributed by atoms with Gasteiger partial charge in [-0.05, 0) is 19.4 Å². The Bertz CT molecular complexity index is 557. The minimum Gasteiger partial charge on any atom is -0.381 e. The monoisotopic (exact) mass is 294 g/mol. The molecular formula is C14H22N4OS. The summed E-state index contributed by atoms with van der Waals surface area (Å²) in [5.74, 6) is 1.15. The van der Waals surface area contributed by atoms with Gasteiger partial charge in [0.1, 0.15) is 0 Å². The smallest absolute Gasteiger partial charge is 0.195 e. The summed E-state index contributed by atoms with van der Waals surface area (Å²) in [5, 5.41) is 5.52. The fourth-order valence-electron chi connectivity index (χ4n) is 2.79. The second-order valence-corrected chi connectivity index (χ2v) is 6.01. The van der Waals surface area contributed by atoms with Crippen molar-refractivity contribution < 1.29 is 4.74 Å². The zero-order chi connectivity index (χ0) is 13.9.